The molecule has 2 saturated heterocycles. The molecule has 4 rings (SSSR count). The van der Waals surface area contributed by atoms with Crippen LogP contribution in [0.5, 0.6) is 5.75 Å². The van der Waals surface area contributed by atoms with E-state index in [1.54, 1.807) is 6.07 Å². The van der Waals surface area contributed by atoms with E-state index in [0.717, 1.165) is 16.5 Å². The Morgan fingerprint density at radius 3 is 2.62 bits per heavy atom. The van der Waals surface area contributed by atoms with Gasteiger partial charge in [0.25, 0.3) is 0 Å². The average Bonchev–Trinajstić information content (AvgIpc) is 3.40. The predicted octanol–water partition coefficient (Wildman–Crippen LogP) is 3.37. The Hall–Kier alpha value is -2.11. The zero-order valence-electron chi connectivity index (χ0n) is 14.0. The Balaban J connectivity index is 1.72. The highest BCUT2D eigenvalue weighted by atomic mass is 16.6. The number of benzene rings is 1. The van der Waals surface area contributed by atoms with Crippen LogP contribution in [0, 0.1) is 0 Å². The van der Waals surface area contributed by atoms with Gasteiger partial charge in [-0.05, 0) is 44.5 Å². The van der Waals surface area contributed by atoms with E-state index >= 15 is 0 Å². The minimum absolute atomic E-state index is 0.0703. The van der Waals surface area contributed by atoms with E-state index < -0.39 is 0 Å². The summed E-state index contributed by atoms with van der Waals surface area (Å²) >= 11 is 0. The van der Waals surface area contributed by atoms with Crippen molar-refractivity contribution in [2.24, 2.45) is 0 Å². The molecular weight excluding hydrogens is 308 g/mol. The van der Waals surface area contributed by atoms with Gasteiger partial charge < -0.3 is 18.6 Å². The molecule has 2 fully saturated rings. The lowest BCUT2D eigenvalue weighted by molar-refractivity contribution is 0.251. The molecule has 0 amide bonds. The lowest BCUT2D eigenvalue weighted by Crippen LogP contribution is -2.13. The molecule has 0 saturated carbocycles. The first-order chi connectivity index (χ1) is 11.4. The van der Waals surface area contributed by atoms with Crippen LogP contribution in [0.3, 0.4) is 0 Å². The van der Waals surface area contributed by atoms with E-state index in [0.29, 0.717) is 17.9 Å². The minimum atomic E-state index is -0.389. The van der Waals surface area contributed by atoms with E-state index in [1.165, 1.54) is 6.07 Å². The van der Waals surface area contributed by atoms with Gasteiger partial charge in [0.05, 0.1) is 11.2 Å². The molecule has 0 aliphatic carbocycles. The standard InChI is InChI=1S/C19H20O5/c1-10(2)16-18(23-16)15-12(21-9-13-19(3,4)24-13)7-5-11-6-8-14(20)22-17(11)15/h5-8,13,16,18H,1,9H2,2-4H3. The maximum Gasteiger partial charge on any atom is 0.336 e. The largest absolute Gasteiger partial charge is 0.490 e. The highest BCUT2D eigenvalue weighted by Crippen LogP contribution is 2.49. The van der Waals surface area contributed by atoms with Crippen molar-refractivity contribution < 1.29 is 18.6 Å². The van der Waals surface area contributed by atoms with Crippen LogP contribution in [0.2, 0.25) is 0 Å². The quantitative estimate of drug-likeness (QED) is 0.478. The molecule has 2 aliphatic heterocycles. The van der Waals surface area contributed by atoms with Crippen molar-refractivity contribution in [2.45, 2.75) is 44.7 Å². The molecule has 1 aromatic heterocycles. The summed E-state index contributed by atoms with van der Waals surface area (Å²) in [5.41, 5.74) is 1.70. The molecule has 0 N–H and O–H groups in total. The highest BCUT2D eigenvalue weighted by Gasteiger charge is 2.49. The molecule has 24 heavy (non-hydrogen) atoms. The summed E-state index contributed by atoms with van der Waals surface area (Å²) < 4.78 is 22.7. The smallest absolute Gasteiger partial charge is 0.336 e. The lowest BCUT2D eigenvalue weighted by atomic mass is 10.0. The highest BCUT2D eigenvalue weighted by molar-refractivity contribution is 5.83. The number of epoxide rings is 2. The van der Waals surface area contributed by atoms with E-state index in [4.69, 9.17) is 18.6 Å². The maximum atomic E-state index is 11.7. The number of hydrogen-bond acceptors (Lipinski definition) is 5. The van der Waals surface area contributed by atoms with Crippen LogP contribution in [0.25, 0.3) is 11.0 Å². The Kier molecular flexibility index (Phi) is 3.34. The topological polar surface area (TPSA) is 64.5 Å². The van der Waals surface area contributed by atoms with Gasteiger partial charge >= 0.3 is 5.63 Å². The molecule has 5 heteroatoms. The second-order valence-electron chi connectivity index (χ2n) is 6.99. The first-order valence-electron chi connectivity index (χ1n) is 8.05. The molecule has 126 valence electrons. The van der Waals surface area contributed by atoms with Gasteiger partial charge in [0.2, 0.25) is 0 Å². The normalized spacial score (nSPS) is 27.0. The first kappa shape index (κ1) is 15.4. The van der Waals surface area contributed by atoms with Crippen LogP contribution in [0.15, 0.2) is 45.6 Å². The Bertz CT molecular complexity index is 879. The SMILES string of the molecule is C=C(C)C1OC1c1c(OCC2OC2(C)C)ccc2ccc(=O)oc12. The molecule has 3 heterocycles. The summed E-state index contributed by atoms with van der Waals surface area (Å²) in [5.74, 6) is 0.664. The van der Waals surface area contributed by atoms with E-state index in [2.05, 4.69) is 6.58 Å². The summed E-state index contributed by atoms with van der Waals surface area (Å²) in [6.45, 7) is 10.4. The second kappa shape index (κ2) is 5.19. The molecule has 5 nitrogen and oxygen atoms in total. The minimum Gasteiger partial charge on any atom is -0.490 e. The number of fused-ring (bicyclic) bond motifs is 1. The van der Waals surface area contributed by atoms with Crippen LogP contribution in [0.4, 0.5) is 0 Å². The van der Waals surface area contributed by atoms with Crippen LogP contribution < -0.4 is 10.4 Å². The van der Waals surface area contributed by atoms with E-state index in [9.17, 15) is 4.79 Å². The maximum absolute atomic E-state index is 11.7. The van der Waals surface area contributed by atoms with Crippen molar-refractivity contribution in [3.63, 3.8) is 0 Å². The van der Waals surface area contributed by atoms with Gasteiger partial charge in [-0.2, -0.15) is 0 Å². The fourth-order valence-electron chi connectivity index (χ4n) is 2.97. The first-order valence-corrected chi connectivity index (χ1v) is 8.05. The summed E-state index contributed by atoms with van der Waals surface area (Å²) in [7, 11) is 0. The average molecular weight is 328 g/mol. The lowest BCUT2D eigenvalue weighted by Gasteiger charge is -2.11. The monoisotopic (exact) mass is 328 g/mol. The second-order valence-corrected chi connectivity index (χ2v) is 6.99. The number of ether oxygens (including phenoxy) is 3. The molecule has 3 atom stereocenters. The number of rotatable bonds is 5. The summed E-state index contributed by atoms with van der Waals surface area (Å²) in [5, 5.41) is 0.843. The fourth-order valence-corrected chi connectivity index (χ4v) is 2.97. The summed E-state index contributed by atoms with van der Waals surface area (Å²) in [6.07, 6.45) is -0.196. The van der Waals surface area contributed by atoms with Crippen molar-refractivity contribution in [1.82, 2.24) is 0 Å². The van der Waals surface area contributed by atoms with Crippen LogP contribution >= 0.6 is 0 Å². The molecule has 2 aliphatic rings. The van der Waals surface area contributed by atoms with Gasteiger partial charge in [-0.15, -0.1) is 0 Å². The molecule has 1 aromatic carbocycles. The molecule has 2 aromatic rings. The molecular formula is C19H20O5. The van der Waals surface area contributed by atoms with Gasteiger partial charge in [0.1, 0.15) is 36.3 Å². The van der Waals surface area contributed by atoms with Crippen molar-refractivity contribution in [1.29, 1.82) is 0 Å². The molecule has 0 radical (unpaired) electrons. The Morgan fingerprint density at radius 2 is 2.00 bits per heavy atom. The molecule has 3 unspecified atom stereocenters. The third-order valence-corrected chi connectivity index (χ3v) is 4.60. The van der Waals surface area contributed by atoms with Crippen molar-refractivity contribution in [2.75, 3.05) is 6.61 Å². The molecule has 0 spiro atoms. The summed E-state index contributed by atoms with van der Waals surface area (Å²) in [6, 6.07) is 6.94. The van der Waals surface area contributed by atoms with Gasteiger partial charge in [-0.3, -0.25) is 0 Å². The summed E-state index contributed by atoms with van der Waals surface area (Å²) in [4.78, 5) is 11.7. The third-order valence-electron chi connectivity index (χ3n) is 4.60. The van der Waals surface area contributed by atoms with Gasteiger partial charge in [0.15, 0.2) is 0 Å². The number of hydrogen-bond donors (Lipinski definition) is 0. The van der Waals surface area contributed by atoms with Crippen molar-refractivity contribution in [3.05, 3.63) is 52.4 Å². The van der Waals surface area contributed by atoms with E-state index in [-0.39, 0.29) is 29.5 Å². The zero-order valence-corrected chi connectivity index (χ0v) is 14.0. The zero-order chi connectivity index (χ0) is 17.1. The van der Waals surface area contributed by atoms with Gasteiger partial charge in [-0.25, -0.2) is 4.79 Å². The van der Waals surface area contributed by atoms with Crippen molar-refractivity contribution >= 4 is 11.0 Å². The van der Waals surface area contributed by atoms with Crippen molar-refractivity contribution in [3.8, 4) is 5.75 Å². The Morgan fingerprint density at radius 1 is 1.29 bits per heavy atom. The van der Waals surface area contributed by atoms with E-state index in [1.807, 2.05) is 32.9 Å². The fraction of sp³-hybridized carbons (Fsp3) is 0.421. The van der Waals surface area contributed by atoms with Crippen LogP contribution in [-0.2, 0) is 9.47 Å². The van der Waals surface area contributed by atoms with Crippen LogP contribution in [-0.4, -0.2) is 24.4 Å². The van der Waals surface area contributed by atoms with Gasteiger partial charge in [0, 0.05) is 11.5 Å². The molecule has 0 bridgehead atoms. The third kappa shape index (κ3) is 2.64. The van der Waals surface area contributed by atoms with Crippen LogP contribution in [0.1, 0.15) is 32.4 Å². The Labute approximate surface area is 139 Å². The predicted molar refractivity (Wildman–Crippen MR) is 89.4 cm³/mol. The van der Waals surface area contributed by atoms with Gasteiger partial charge in [-0.1, -0.05) is 6.58 Å².